The van der Waals surface area contributed by atoms with Gasteiger partial charge in [0.1, 0.15) is 16.9 Å². The van der Waals surface area contributed by atoms with E-state index in [1.807, 2.05) is 13.8 Å². The molecule has 2 aromatic heterocycles. The van der Waals surface area contributed by atoms with Crippen LogP contribution in [-0.4, -0.2) is 20.4 Å². The summed E-state index contributed by atoms with van der Waals surface area (Å²) >= 11 is 2.95. The molecule has 3 aromatic rings. The van der Waals surface area contributed by atoms with Crippen LogP contribution < -0.4 is 5.32 Å². The fourth-order valence-electron chi connectivity index (χ4n) is 2.44. The van der Waals surface area contributed by atoms with Crippen molar-refractivity contribution in [1.29, 1.82) is 0 Å². The van der Waals surface area contributed by atoms with E-state index in [1.165, 1.54) is 12.3 Å². The van der Waals surface area contributed by atoms with Crippen molar-refractivity contribution in [3.05, 3.63) is 57.4 Å². The molecule has 0 atom stereocenters. The fourth-order valence-corrected chi connectivity index (χ4v) is 2.90. The van der Waals surface area contributed by atoms with Gasteiger partial charge in [-0.2, -0.15) is 13.2 Å². The third-order valence-corrected chi connectivity index (χ3v) is 4.38. The van der Waals surface area contributed by atoms with Crippen molar-refractivity contribution in [2.24, 2.45) is 0 Å². The predicted octanol–water partition coefficient (Wildman–Crippen LogP) is 4.69. The molecule has 5 nitrogen and oxygen atoms in total. The molecule has 136 valence electrons. The predicted molar refractivity (Wildman–Crippen MR) is 93.4 cm³/mol. The maximum atomic E-state index is 13.0. The number of hydrogen-bond acceptors (Lipinski definition) is 3. The number of aromatic nitrogens is 2. The molecule has 0 fully saturated rings. The van der Waals surface area contributed by atoms with Crippen LogP contribution in [0, 0.1) is 13.8 Å². The van der Waals surface area contributed by atoms with E-state index in [2.05, 4.69) is 26.2 Å². The van der Waals surface area contributed by atoms with Gasteiger partial charge in [0.25, 0.3) is 5.91 Å². The zero-order valence-electron chi connectivity index (χ0n) is 13.6. The highest BCUT2D eigenvalue weighted by atomic mass is 79.9. The first kappa shape index (κ1) is 18.2. The van der Waals surface area contributed by atoms with Crippen molar-refractivity contribution >= 4 is 33.2 Å². The number of nitrogens with one attached hydrogen (secondary N) is 1. The Kier molecular flexibility index (Phi) is 4.43. The maximum Gasteiger partial charge on any atom is 0.420 e. The van der Waals surface area contributed by atoms with E-state index in [9.17, 15) is 23.1 Å². The van der Waals surface area contributed by atoms with Crippen LogP contribution in [0.2, 0.25) is 0 Å². The molecule has 1 amide bonds. The van der Waals surface area contributed by atoms with Crippen LogP contribution in [0.5, 0.6) is 5.75 Å². The highest BCUT2D eigenvalue weighted by Gasteiger charge is 2.35. The minimum atomic E-state index is -4.76. The van der Waals surface area contributed by atoms with Crippen LogP contribution in [0.25, 0.3) is 5.65 Å². The Morgan fingerprint density at radius 3 is 2.54 bits per heavy atom. The van der Waals surface area contributed by atoms with Gasteiger partial charge in [-0.15, -0.1) is 0 Å². The number of carbonyl (C=O) groups excluding carboxylic acids is 1. The number of anilines is 1. The number of benzene rings is 1. The molecule has 26 heavy (non-hydrogen) atoms. The number of aryl methyl sites for hydroxylation is 2. The number of alkyl halides is 3. The fraction of sp³-hybridized carbons (Fsp3) is 0.176. The summed E-state index contributed by atoms with van der Waals surface area (Å²) in [6.45, 7) is 3.81. The van der Waals surface area contributed by atoms with Gasteiger partial charge in [0.15, 0.2) is 5.75 Å². The van der Waals surface area contributed by atoms with Crippen LogP contribution in [-0.2, 0) is 6.18 Å². The number of pyridine rings is 1. The third kappa shape index (κ3) is 3.39. The second kappa shape index (κ2) is 6.31. The lowest BCUT2D eigenvalue weighted by molar-refractivity contribution is -0.138. The summed E-state index contributed by atoms with van der Waals surface area (Å²) in [4.78, 5) is 16.6. The van der Waals surface area contributed by atoms with E-state index >= 15 is 0 Å². The van der Waals surface area contributed by atoms with Gasteiger partial charge < -0.3 is 14.8 Å². The molecule has 0 radical (unpaired) electrons. The molecule has 0 bridgehead atoms. The first-order valence-electron chi connectivity index (χ1n) is 7.43. The summed E-state index contributed by atoms with van der Waals surface area (Å²) < 4.78 is 40.6. The summed E-state index contributed by atoms with van der Waals surface area (Å²) in [5.74, 6) is -1.78. The number of halogens is 4. The Morgan fingerprint density at radius 1 is 1.19 bits per heavy atom. The number of fused-ring (bicyclic) bond motifs is 1. The second-order valence-electron chi connectivity index (χ2n) is 5.83. The van der Waals surface area contributed by atoms with Gasteiger partial charge in [-0.25, -0.2) is 4.98 Å². The third-order valence-electron chi connectivity index (χ3n) is 3.92. The van der Waals surface area contributed by atoms with Crippen molar-refractivity contribution in [3.63, 3.8) is 0 Å². The van der Waals surface area contributed by atoms with Gasteiger partial charge in [-0.3, -0.25) is 4.79 Å². The molecule has 0 spiro atoms. The van der Waals surface area contributed by atoms with Crippen molar-refractivity contribution in [1.82, 2.24) is 9.38 Å². The number of hydrogen-bond donors (Lipinski definition) is 2. The number of phenolic OH excluding ortho intramolecular Hbond substituents is 1. The van der Waals surface area contributed by atoms with Crippen molar-refractivity contribution in [2.75, 3.05) is 5.32 Å². The lowest BCUT2D eigenvalue weighted by Crippen LogP contribution is -2.14. The average molecular weight is 428 g/mol. The SMILES string of the molecule is Cc1cc2nc(C(=O)Nc3cc(Br)cc(C(F)(F)F)c3O)cn2cc1C. The molecule has 2 heterocycles. The Labute approximate surface area is 154 Å². The van der Waals surface area contributed by atoms with E-state index in [0.717, 1.165) is 17.2 Å². The molecule has 3 rings (SSSR count). The van der Waals surface area contributed by atoms with Crippen LogP contribution in [0.1, 0.15) is 27.2 Å². The van der Waals surface area contributed by atoms with Gasteiger partial charge >= 0.3 is 6.18 Å². The van der Waals surface area contributed by atoms with Crippen molar-refractivity contribution in [2.45, 2.75) is 20.0 Å². The molecular formula is C17H13BrF3N3O2. The number of amides is 1. The quantitative estimate of drug-likeness (QED) is 0.583. The van der Waals surface area contributed by atoms with E-state index < -0.39 is 23.4 Å². The van der Waals surface area contributed by atoms with Gasteiger partial charge in [-0.05, 0) is 43.2 Å². The largest absolute Gasteiger partial charge is 0.505 e. The number of carbonyl (C=O) groups is 1. The Hall–Kier alpha value is -2.55. The molecule has 0 saturated carbocycles. The van der Waals surface area contributed by atoms with Gasteiger partial charge in [0.2, 0.25) is 0 Å². The van der Waals surface area contributed by atoms with E-state index in [4.69, 9.17) is 0 Å². The number of aromatic hydroxyl groups is 1. The monoisotopic (exact) mass is 427 g/mol. The molecule has 0 saturated heterocycles. The minimum Gasteiger partial charge on any atom is -0.505 e. The van der Waals surface area contributed by atoms with E-state index in [1.54, 1.807) is 16.7 Å². The first-order valence-corrected chi connectivity index (χ1v) is 8.22. The standard InChI is InChI=1S/C17H13BrF3N3O2/c1-8-3-14-22-13(7-24(14)6-9(8)2)16(26)23-12-5-10(18)4-11(15(12)25)17(19,20)21/h3-7,25H,1-2H3,(H,23,26). The summed E-state index contributed by atoms with van der Waals surface area (Å²) in [6.07, 6.45) is -1.49. The van der Waals surface area contributed by atoms with Crippen molar-refractivity contribution < 1.29 is 23.1 Å². The zero-order valence-corrected chi connectivity index (χ0v) is 15.2. The highest BCUT2D eigenvalue weighted by Crippen LogP contribution is 2.41. The maximum absolute atomic E-state index is 13.0. The Balaban J connectivity index is 1.97. The van der Waals surface area contributed by atoms with Gasteiger partial charge in [-0.1, -0.05) is 15.9 Å². The van der Waals surface area contributed by atoms with Crippen molar-refractivity contribution in [3.8, 4) is 5.75 Å². The molecule has 0 aliphatic heterocycles. The molecule has 0 aliphatic carbocycles. The summed E-state index contributed by atoms with van der Waals surface area (Å²) in [6, 6.07) is 3.72. The zero-order chi connectivity index (χ0) is 19.2. The lowest BCUT2D eigenvalue weighted by Gasteiger charge is -2.13. The first-order chi connectivity index (χ1) is 12.1. The Morgan fingerprint density at radius 2 is 1.88 bits per heavy atom. The molecule has 9 heteroatoms. The minimum absolute atomic E-state index is 0.0166. The number of rotatable bonds is 2. The molecule has 0 unspecified atom stereocenters. The smallest absolute Gasteiger partial charge is 0.420 e. The van der Waals surface area contributed by atoms with E-state index in [-0.39, 0.29) is 15.9 Å². The van der Waals surface area contributed by atoms with Crippen LogP contribution in [0.4, 0.5) is 18.9 Å². The summed E-state index contributed by atoms with van der Waals surface area (Å²) in [5.41, 5.74) is 0.941. The Bertz CT molecular complexity index is 989. The average Bonchev–Trinajstić information content (AvgIpc) is 2.92. The van der Waals surface area contributed by atoms with E-state index in [0.29, 0.717) is 5.65 Å². The van der Waals surface area contributed by atoms with Crippen LogP contribution in [0.15, 0.2) is 35.1 Å². The van der Waals surface area contributed by atoms with Crippen LogP contribution in [0.3, 0.4) is 0 Å². The number of nitrogens with zero attached hydrogens (tertiary/aromatic N) is 2. The summed E-state index contributed by atoms with van der Waals surface area (Å²) in [7, 11) is 0. The normalized spacial score (nSPS) is 11.8. The molecule has 2 N–H and O–H groups in total. The second-order valence-corrected chi connectivity index (χ2v) is 6.75. The molecular weight excluding hydrogens is 415 g/mol. The van der Waals surface area contributed by atoms with Gasteiger partial charge in [0, 0.05) is 16.9 Å². The molecule has 0 aliphatic rings. The lowest BCUT2D eigenvalue weighted by atomic mass is 10.1. The topological polar surface area (TPSA) is 66.6 Å². The molecule has 1 aromatic carbocycles. The summed E-state index contributed by atoms with van der Waals surface area (Å²) in [5, 5.41) is 12.2. The van der Waals surface area contributed by atoms with Gasteiger partial charge in [0.05, 0.1) is 5.69 Å². The number of phenols is 1. The highest BCUT2D eigenvalue weighted by molar-refractivity contribution is 9.10. The number of imidazole rings is 1. The van der Waals surface area contributed by atoms with Crippen LogP contribution >= 0.6 is 15.9 Å².